The van der Waals surface area contributed by atoms with Gasteiger partial charge in [0.2, 0.25) is 0 Å². The van der Waals surface area contributed by atoms with Crippen LogP contribution in [0.2, 0.25) is 0 Å². The summed E-state index contributed by atoms with van der Waals surface area (Å²) in [6.45, 7) is 9.00. The summed E-state index contributed by atoms with van der Waals surface area (Å²) in [5, 5.41) is 11.9. The molecule has 0 spiro atoms. The van der Waals surface area contributed by atoms with Gasteiger partial charge in [-0.05, 0) is 33.8 Å². The Morgan fingerprint density at radius 3 is 2.73 bits per heavy atom. The Bertz CT molecular complexity index is 649. The number of carbonyl (C=O) groups is 1. The Morgan fingerprint density at radius 1 is 1.27 bits per heavy atom. The van der Waals surface area contributed by atoms with Crippen LogP contribution >= 0.6 is 11.8 Å². The van der Waals surface area contributed by atoms with Crippen molar-refractivity contribution in [3.8, 4) is 0 Å². The quantitative estimate of drug-likeness (QED) is 0.642. The molecular weight excluding hydrogens is 300 g/mol. The number of rotatable bonds is 6. The molecule has 0 radical (unpaired) electrons. The van der Waals surface area contributed by atoms with Crippen LogP contribution < -0.4 is 5.32 Å². The molecule has 2 aromatic rings. The second-order valence-corrected chi connectivity index (χ2v) is 5.88. The van der Waals surface area contributed by atoms with Crippen molar-refractivity contribution in [1.82, 2.24) is 30.0 Å². The van der Waals surface area contributed by atoms with E-state index in [1.54, 1.807) is 24.8 Å². The van der Waals surface area contributed by atoms with Crippen molar-refractivity contribution in [1.29, 1.82) is 0 Å². The van der Waals surface area contributed by atoms with Gasteiger partial charge in [0, 0.05) is 24.5 Å². The first kappa shape index (κ1) is 16.4. The molecule has 2 heterocycles. The highest BCUT2D eigenvalue weighted by molar-refractivity contribution is 7.99. The largest absolute Gasteiger partial charge is 0.350 e. The average Bonchev–Trinajstić information content (AvgIpc) is 2.82. The van der Waals surface area contributed by atoms with Crippen molar-refractivity contribution in [3.63, 3.8) is 0 Å². The molecule has 118 valence electrons. The molecule has 1 amide bonds. The van der Waals surface area contributed by atoms with E-state index < -0.39 is 0 Å². The van der Waals surface area contributed by atoms with Crippen LogP contribution in [0.5, 0.6) is 0 Å². The fourth-order valence-corrected chi connectivity index (χ4v) is 2.97. The first-order valence-corrected chi connectivity index (χ1v) is 8.13. The summed E-state index contributed by atoms with van der Waals surface area (Å²) in [4.78, 5) is 20.3. The predicted molar refractivity (Wildman–Crippen MR) is 85.0 cm³/mol. The number of hydrogen-bond acceptors (Lipinski definition) is 6. The summed E-state index contributed by atoms with van der Waals surface area (Å²) < 4.78 is 2.05. The number of aromatic nitrogens is 5. The minimum atomic E-state index is -0.178. The Balaban J connectivity index is 1.84. The van der Waals surface area contributed by atoms with Crippen LogP contribution in [0.25, 0.3) is 0 Å². The van der Waals surface area contributed by atoms with E-state index in [2.05, 4.69) is 32.4 Å². The first-order chi connectivity index (χ1) is 10.5. The molecular formula is C14H20N6OS. The normalized spacial score (nSPS) is 10.7. The van der Waals surface area contributed by atoms with Crippen LogP contribution in [0.3, 0.4) is 0 Å². The molecule has 0 aliphatic carbocycles. The van der Waals surface area contributed by atoms with Crippen molar-refractivity contribution >= 4 is 17.7 Å². The first-order valence-electron chi connectivity index (χ1n) is 7.14. The molecule has 0 aliphatic heterocycles. The molecule has 0 aliphatic rings. The number of nitrogens with zero attached hydrogens (tertiary/aromatic N) is 5. The summed E-state index contributed by atoms with van der Waals surface area (Å²) in [6.07, 6.45) is 0. The summed E-state index contributed by atoms with van der Waals surface area (Å²) in [5.41, 5.74) is 1.20. The van der Waals surface area contributed by atoms with Gasteiger partial charge < -0.3 is 9.88 Å². The molecule has 0 aromatic carbocycles. The molecule has 0 atom stereocenters. The summed E-state index contributed by atoms with van der Waals surface area (Å²) in [5.74, 6) is 2.06. The van der Waals surface area contributed by atoms with Crippen LogP contribution in [-0.4, -0.2) is 42.9 Å². The lowest BCUT2D eigenvalue weighted by Crippen LogP contribution is -2.27. The van der Waals surface area contributed by atoms with Gasteiger partial charge in [0.15, 0.2) is 5.16 Å². The zero-order valence-electron chi connectivity index (χ0n) is 13.3. The standard InChI is InChI=1S/C14H20N6OS/c1-5-20-11(4)18-19-14(20)22-7-6-15-13(21)12-8-9(2)16-10(3)17-12/h8H,5-7H2,1-4H3,(H,15,21). The minimum absolute atomic E-state index is 0.178. The SMILES string of the molecule is CCn1c(C)nnc1SCCNC(=O)c1cc(C)nc(C)n1. The molecule has 0 saturated carbocycles. The second-order valence-electron chi connectivity index (χ2n) is 4.82. The summed E-state index contributed by atoms with van der Waals surface area (Å²) in [6, 6.07) is 1.69. The lowest BCUT2D eigenvalue weighted by Gasteiger charge is -2.07. The van der Waals surface area contributed by atoms with Crippen molar-refractivity contribution < 1.29 is 4.79 Å². The van der Waals surface area contributed by atoms with E-state index in [1.807, 2.05) is 18.4 Å². The topological polar surface area (TPSA) is 85.6 Å². The summed E-state index contributed by atoms with van der Waals surface area (Å²) >= 11 is 1.58. The van der Waals surface area contributed by atoms with Crippen LogP contribution in [-0.2, 0) is 6.54 Å². The van der Waals surface area contributed by atoms with Crippen molar-refractivity contribution in [2.45, 2.75) is 39.4 Å². The summed E-state index contributed by atoms with van der Waals surface area (Å²) in [7, 11) is 0. The number of aryl methyl sites for hydroxylation is 3. The van der Waals surface area contributed by atoms with Crippen LogP contribution in [0.1, 0.15) is 34.8 Å². The Kier molecular flexibility index (Phi) is 5.48. The number of hydrogen-bond donors (Lipinski definition) is 1. The molecule has 2 rings (SSSR count). The molecule has 1 N–H and O–H groups in total. The maximum absolute atomic E-state index is 12.0. The number of nitrogens with one attached hydrogen (secondary N) is 1. The molecule has 8 heteroatoms. The van der Waals surface area contributed by atoms with Gasteiger partial charge in [0.25, 0.3) is 5.91 Å². The number of amides is 1. The third-order valence-corrected chi connectivity index (χ3v) is 4.00. The van der Waals surface area contributed by atoms with Gasteiger partial charge in [-0.3, -0.25) is 4.79 Å². The highest BCUT2D eigenvalue weighted by Crippen LogP contribution is 2.15. The van der Waals surface area contributed by atoms with E-state index in [-0.39, 0.29) is 5.91 Å². The molecule has 0 unspecified atom stereocenters. The monoisotopic (exact) mass is 320 g/mol. The van der Waals surface area contributed by atoms with Gasteiger partial charge in [-0.2, -0.15) is 0 Å². The average molecular weight is 320 g/mol. The van der Waals surface area contributed by atoms with Crippen LogP contribution in [0.15, 0.2) is 11.2 Å². The molecule has 0 saturated heterocycles. The predicted octanol–water partition coefficient (Wildman–Crippen LogP) is 1.54. The second kappa shape index (κ2) is 7.35. The minimum Gasteiger partial charge on any atom is -0.350 e. The van der Waals surface area contributed by atoms with Gasteiger partial charge in [0.1, 0.15) is 17.3 Å². The molecule has 0 fully saturated rings. The van der Waals surface area contributed by atoms with Crippen molar-refractivity contribution in [3.05, 3.63) is 29.1 Å². The molecule has 7 nitrogen and oxygen atoms in total. The van der Waals surface area contributed by atoms with Crippen molar-refractivity contribution in [2.75, 3.05) is 12.3 Å². The van der Waals surface area contributed by atoms with Crippen LogP contribution in [0.4, 0.5) is 0 Å². The Hall–Kier alpha value is -1.96. The lowest BCUT2D eigenvalue weighted by atomic mass is 10.3. The van der Waals surface area contributed by atoms with E-state index in [9.17, 15) is 4.79 Å². The lowest BCUT2D eigenvalue weighted by molar-refractivity contribution is 0.0950. The van der Waals surface area contributed by atoms with Gasteiger partial charge in [-0.15, -0.1) is 10.2 Å². The van der Waals surface area contributed by atoms with E-state index >= 15 is 0 Å². The fraction of sp³-hybridized carbons (Fsp3) is 0.500. The van der Waals surface area contributed by atoms with E-state index in [0.717, 1.165) is 29.0 Å². The van der Waals surface area contributed by atoms with E-state index in [0.29, 0.717) is 18.1 Å². The Morgan fingerprint density at radius 2 is 2.05 bits per heavy atom. The van der Waals surface area contributed by atoms with Gasteiger partial charge >= 0.3 is 0 Å². The van der Waals surface area contributed by atoms with Gasteiger partial charge in [0.05, 0.1) is 0 Å². The maximum atomic E-state index is 12.0. The highest BCUT2D eigenvalue weighted by atomic mass is 32.2. The Labute approximate surface area is 134 Å². The molecule has 0 bridgehead atoms. The molecule has 2 aromatic heterocycles. The van der Waals surface area contributed by atoms with Gasteiger partial charge in [-0.1, -0.05) is 11.8 Å². The van der Waals surface area contributed by atoms with Gasteiger partial charge in [-0.25, -0.2) is 9.97 Å². The number of thioether (sulfide) groups is 1. The number of carbonyl (C=O) groups excluding carboxylic acids is 1. The fourth-order valence-electron chi connectivity index (χ4n) is 2.06. The smallest absolute Gasteiger partial charge is 0.270 e. The zero-order chi connectivity index (χ0) is 16.1. The third-order valence-electron chi connectivity index (χ3n) is 3.04. The highest BCUT2D eigenvalue weighted by Gasteiger charge is 2.10. The molecule has 22 heavy (non-hydrogen) atoms. The van der Waals surface area contributed by atoms with E-state index in [1.165, 1.54) is 0 Å². The van der Waals surface area contributed by atoms with E-state index in [4.69, 9.17) is 0 Å². The van der Waals surface area contributed by atoms with Crippen LogP contribution in [0, 0.1) is 20.8 Å². The third kappa shape index (κ3) is 4.03. The van der Waals surface area contributed by atoms with Crippen molar-refractivity contribution in [2.24, 2.45) is 0 Å². The maximum Gasteiger partial charge on any atom is 0.270 e. The zero-order valence-corrected chi connectivity index (χ0v) is 14.1.